The fourth-order valence-electron chi connectivity index (χ4n) is 2.40. The molecule has 2 N–H and O–H groups in total. The number of anilines is 1. The van der Waals surface area contributed by atoms with Crippen molar-refractivity contribution in [3.8, 4) is 6.07 Å². The van der Waals surface area contributed by atoms with Gasteiger partial charge in [0, 0.05) is 12.7 Å². The van der Waals surface area contributed by atoms with E-state index < -0.39 is 0 Å². The Hall–Kier alpha value is -1.50. The van der Waals surface area contributed by atoms with Gasteiger partial charge in [0.1, 0.15) is 11.6 Å². The zero-order valence-corrected chi connectivity index (χ0v) is 12.8. The molecule has 0 aliphatic rings. The molecule has 0 atom stereocenters. The second-order valence-electron chi connectivity index (χ2n) is 5.48. The largest absolute Gasteiger partial charge is 0.381 e. The third kappa shape index (κ3) is 6.60. The molecule has 0 aromatic carbocycles. The normalized spacial score (nSPS) is 10.6. The van der Waals surface area contributed by atoms with Crippen LogP contribution in [0.15, 0.2) is 6.20 Å². The maximum absolute atomic E-state index is 8.79. The van der Waals surface area contributed by atoms with Crippen molar-refractivity contribution in [1.29, 1.82) is 5.26 Å². The molecule has 1 rings (SSSR count). The van der Waals surface area contributed by atoms with Crippen LogP contribution in [-0.4, -0.2) is 9.78 Å². The van der Waals surface area contributed by atoms with E-state index in [1.54, 1.807) is 10.9 Å². The van der Waals surface area contributed by atoms with Gasteiger partial charge >= 0.3 is 0 Å². The molecule has 0 radical (unpaired) electrons. The molecule has 0 saturated carbocycles. The number of nitrogens with two attached hydrogens (primary N) is 1. The van der Waals surface area contributed by atoms with Crippen molar-refractivity contribution in [3.63, 3.8) is 0 Å². The maximum atomic E-state index is 8.79. The Morgan fingerprint density at radius 3 is 2.10 bits per heavy atom. The van der Waals surface area contributed by atoms with Crippen LogP contribution in [0.4, 0.5) is 5.82 Å². The summed E-state index contributed by atoms with van der Waals surface area (Å²) in [7, 11) is 0. The molecule has 4 heteroatoms. The fraction of sp³-hybridized carbons (Fsp3) is 0.750. The minimum Gasteiger partial charge on any atom is -0.381 e. The Morgan fingerprint density at radius 1 is 1.05 bits per heavy atom. The van der Waals surface area contributed by atoms with Crippen molar-refractivity contribution >= 4 is 5.82 Å². The first-order valence-corrected chi connectivity index (χ1v) is 8.01. The summed E-state index contributed by atoms with van der Waals surface area (Å²) in [6, 6.07) is 2.05. The van der Waals surface area contributed by atoms with Crippen LogP contribution in [-0.2, 0) is 6.54 Å². The van der Waals surface area contributed by atoms with E-state index in [9.17, 15) is 0 Å². The predicted molar refractivity (Wildman–Crippen MR) is 83.2 cm³/mol. The Bertz CT molecular complexity index is 403. The van der Waals surface area contributed by atoms with Crippen LogP contribution in [0.3, 0.4) is 0 Å². The molecular weight excluding hydrogens is 248 g/mol. The van der Waals surface area contributed by atoms with Gasteiger partial charge in [-0.2, -0.15) is 10.4 Å². The van der Waals surface area contributed by atoms with Gasteiger partial charge in [0.2, 0.25) is 0 Å². The molecule has 0 saturated heterocycles. The quantitative estimate of drug-likeness (QED) is 0.614. The smallest absolute Gasteiger partial charge is 0.163 e. The number of aryl methyl sites for hydroxylation is 1. The van der Waals surface area contributed by atoms with Gasteiger partial charge in [-0.25, -0.2) is 0 Å². The van der Waals surface area contributed by atoms with Crippen molar-refractivity contribution in [2.45, 2.75) is 77.7 Å². The SMILES string of the molecule is CCCCCCCCCCCCn1cc(C#N)c(N)n1. The van der Waals surface area contributed by atoms with Crippen molar-refractivity contribution in [1.82, 2.24) is 9.78 Å². The van der Waals surface area contributed by atoms with E-state index in [1.165, 1.54) is 57.8 Å². The first-order valence-electron chi connectivity index (χ1n) is 8.01. The third-order valence-electron chi connectivity index (χ3n) is 3.65. The molecular formula is C16H28N4. The monoisotopic (exact) mass is 276 g/mol. The summed E-state index contributed by atoms with van der Waals surface area (Å²) in [5, 5.41) is 12.9. The van der Waals surface area contributed by atoms with Crippen LogP contribution in [0.25, 0.3) is 0 Å². The number of hydrogen-bond acceptors (Lipinski definition) is 3. The van der Waals surface area contributed by atoms with Crippen LogP contribution in [0.5, 0.6) is 0 Å². The lowest BCUT2D eigenvalue weighted by Gasteiger charge is -2.03. The number of rotatable bonds is 11. The number of nitrogen functional groups attached to an aromatic ring is 1. The fourth-order valence-corrected chi connectivity index (χ4v) is 2.40. The van der Waals surface area contributed by atoms with Crippen LogP contribution in [0.1, 0.15) is 76.7 Å². The maximum Gasteiger partial charge on any atom is 0.163 e. The molecule has 4 nitrogen and oxygen atoms in total. The van der Waals surface area contributed by atoms with Gasteiger partial charge in [-0.3, -0.25) is 4.68 Å². The Labute approximate surface area is 123 Å². The summed E-state index contributed by atoms with van der Waals surface area (Å²) < 4.78 is 1.79. The Balaban J connectivity index is 1.95. The number of unbranched alkanes of at least 4 members (excludes halogenated alkanes) is 9. The van der Waals surface area contributed by atoms with Gasteiger partial charge in [-0.05, 0) is 6.42 Å². The molecule has 112 valence electrons. The number of nitriles is 1. The minimum atomic E-state index is 0.347. The molecule has 0 bridgehead atoms. The Morgan fingerprint density at radius 2 is 1.60 bits per heavy atom. The summed E-state index contributed by atoms with van der Waals surface area (Å²) in [5.74, 6) is 0.347. The molecule has 0 amide bonds. The second-order valence-corrected chi connectivity index (χ2v) is 5.48. The minimum absolute atomic E-state index is 0.347. The van der Waals surface area contributed by atoms with Gasteiger partial charge in [0.25, 0.3) is 0 Å². The summed E-state index contributed by atoms with van der Waals surface area (Å²) in [5.41, 5.74) is 6.10. The first kappa shape index (κ1) is 16.6. The summed E-state index contributed by atoms with van der Waals surface area (Å²) >= 11 is 0. The molecule has 20 heavy (non-hydrogen) atoms. The van der Waals surface area contributed by atoms with Crippen LogP contribution < -0.4 is 5.73 Å². The van der Waals surface area contributed by atoms with E-state index in [0.717, 1.165) is 13.0 Å². The molecule has 0 spiro atoms. The van der Waals surface area contributed by atoms with Gasteiger partial charge in [-0.1, -0.05) is 64.7 Å². The van der Waals surface area contributed by atoms with Crippen molar-refractivity contribution in [2.24, 2.45) is 0 Å². The topological polar surface area (TPSA) is 67.6 Å². The third-order valence-corrected chi connectivity index (χ3v) is 3.65. The highest BCUT2D eigenvalue weighted by Gasteiger charge is 2.03. The first-order chi connectivity index (χ1) is 9.77. The summed E-state index contributed by atoms with van der Waals surface area (Å²) in [6.45, 7) is 3.12. The molecule has 0 fully saturated rings. The summed E-state index contributed by atoms with van der Waals surface area (Å²) in [6.07, 6.45) is 15.0. The lowest BCUT2D eigenvalue weighted by atomic mass is 10.1. The molecule has 0 unspecified atom stereocenters. The van der Waals surface area contributed by atoms with E-state index in [4.69, 9.17) is 11.0 Å². The average molecular weight is 276 g/mol. The van der Waals surface area contributed by atoms with Crippen LogP contribution in [0, 0.1) is 11.3 Å². The van der Waals surface area contributed by atoms with Gasteiger partial charge in [-0.15, -0.1) is 0 Å². The van der Waals surface area contributed by atoms with E-state index in [-0.39, 0.29) is 0 Å². The van der Waals surface area contributed by atoms with Gasteiger partial charge < -0.3 is 5.73 Å². The standard InChI is InChI=1S/C16H28N4/c1-2-3-4-5-6-7-8-9-10-11-12-20-14-15(13-17)16(18)19-20/h14H,2-12H2,1H3,(H2,18,19). The summed E-state index contributed by atoms with van der Waals surface area (Å²) in [4.78, 5) is 0. The van der Waals surface area contributed by atoms with Crippen LogP contribution >= 0.6 is 0 Å². The highest BCUT2D eigenvalue weighted by molar-refractivity contribution is 5.46. The van der Waals surface area contributed by atoms with Gasteiger partial charge in [0.15, 0.2) is 5.82 Å². The average Bonchev–Trinajstić information content (AvgIpc) is 2.81. The number of nitrogens with zero attached hydrogens (tertiary/aromatic N) is 3. The highest BCUT2D eigenvalue weighted by atomic mass is 15.3. The van der Waals surface area contributed by atoms with E-state index >= 15 is 0 Å². The zero-order chi connectivity index (χ0) is 14.6. The van der Waals surface area contributed by atoms with Crippen molar-refractivity contribution in [2.75, 3.05) is 5.73 Å². The molecule has 0 aliphatic carbocycles. The molecule has 1 aromatic heterocycles. The van der Waals surface area contributed by atoms with E-state index in [2.05, 4.69) is 12.0 Å². The van der Waals surface area contributed by atoms with Crippen LogP contribution in [0.2, 0.25) is 0 Å². The lowest BCUT2D eigenvalue weighted by molar-refractivity contribution is 0.516. The van der Waals surface area contributed by atoms with Crippen molar-refractivity contribution < 1.29 is 0 Å². The number of hydrogen-bond donors (Lipinski definition) is 1. The highest BCUT2D eigenvalue weighted by Crippen LogP contribution is 2.12. The molecule has 1 heterocycles. The van der Waals surface area contributed by atoms with E-state index in [1.807, 2.05) is 6.07 Å². The van der Waals surface area contributed by atoms with Gasteiger partial charge in [0.05, 0.1) is 0 Å². The zero-order valence-electron chi connectivity index (χ0n) is 12.8. The van der Waals surface area contributed by atoms with Crippen molar-refractivity contribution in [3.05, 3.63) is 11.8 Å². The molecule has 0 aliphatic heterocycles. The lowest BCUT2D eigenvalue weighted by Crippen LogP contribution is -1.99. The molecule has 1 aromatic rings. The number of aromatic nitrogens is 2. The second kappa shape index (κ2) is 10.3. The predicted octanol–water partition coefficient (Wildman–Crippen LogP) is 4.26. The Kier molecular flexibility index (Phi) is 8.53. The van der Waals surface area contributed by atoms with E-state index in [0.29, 0.717) is 11.4 Å².